The molecule has 2 heterocycles. The highest BCUT2D eigenvalue weighted by Gasteiger charge is 2.26. The summed E-state index contributed by atoms with van der Waals surface area (Å²) in [5, 5.41) is 0. The molecule has 0 spiro atoms. The summed E-state index contributed by atoms with van der Waals surface area (Å²) in [6, 6.07) is 10.8. The van der Waals surface area contributed by atoms with Gasteiger partial charge in [0.05, 0.1) is 12.0 Å². The molecule has 5 heteroatoms. The van der Waals surface area contributed by atoms with Gasteiger partial charge < -0.3 is 4.90 Å². The van der Waals surface area contributed by atoms with Crippen molar-refractivity contribution in [3.63, 3.8) is 0 Å². The topological polar surface area (TPSA) is 41.6 Å². The molecule has 4 nitrogen and oxygen atoms in total. The van der Waals surface area contributed by atoms with Crippen LogP contribution in [0.25, 0.3) is 5.57 Å². The molecular weight excluding hydrogens is 344 g/mol. The number of piperidine rings is 1. The van der Waals surface area contributed by atoms with E-state index in [1.54, 1.807) is 11.3 Å². The number of likely N-dealkylation sites (tertiary alicyclic amines) is 1. The summed E-state index contributed by atoms with van der Waals surface area (Å²) >= 11 is 1.60. The Balaban J connectivity index is 1.86. The summed E-state index contributed by atoms with van der Waals surface area (Å²) in [6.07, 6.45) is 4.18. The standard InChI is InChI=1S/C21H24N2O2S/c1-23-11-9-15(10-12-23)20-16-6-4-3-5-14(16)7-8-18-17(20)13-19(26-18)21(24)22-25-2/h3-6,13H,7-12H2,1-2H3,(H,22,24). The van der Waals surface area contributed by atoms with Crippen LogP contribution in [0.5, 0.6) is 0 Å². The zero-order valence-corrected chi connectivity index (χ0v) is 16.1. The first-order chi connectivity index (χ1) is 12.7. The molecule has 2 aliphatic rings. The summed E-state index contributed by atoms with van der Waals surface area (Å²) in [5.41, 5.74) is 9.36. The van der Waals surface area contributed by atoms with Crippen molar-refractivity contribution >= 4 is 22.8 Å². The van der Waals surface area contributed by atoms with E-state index in [2.05, 4.69) is 47.8 Å². The average molecular weight is 369 g/mol. The number of hydrogen-bond acceptors (Lipinski definition) is 4. The van der Waals surface area contributed by atoms with E-state index in [0.29, 0.717) is 0 Å². The van der Waals surface area contributed by atoms with Crippen molar-refractivity contribution in [1.82, 2.24) is 10.4 Å². The number of benzene rings is 1. The first-order valence-corrected chi connectivity index (χ1v) is 9.94. The zero-order valence-electron chi connectivity index (χ0n) is 15.3. The highest BCUT2D eigenvalue weighted by atomic mass is 32.1. The average Bonchev–Trinajstić information content (AvgIpc) is 3.00. The summed E-state index contributed by atoms with van der Waals surface area (Å²) in [5.74, 6) is -0.161. The number of hydroxylamine groups is 1. The third-order valence-corrected chi connectivity index (χ3v) is 6.54. The Labute approximate surface area is 158 Å². The van der Waals surface area contributed by atoms with E-state index < -0.39 is 0 Å². The van der Waals surface area contributed by atoms with E-state index in [4.69, 9.17) is 4.84 Å². The van der Waals surface area contributed by atoms with Gasteiger partial charge in [0.1, 0.15) is 0 Å². The first kappa shape index (κ1) is 17.5. The minimum Gasteiger partial charge on any atom is -0.306 e. The van der Waals surface area contributed by atoms with E-state index in [9.17, 15) is 4.79 Å². The number of nitrogens with one attached hydrogen (secondary N) is 1. The molecule has 1 aromatic carbocycles. The lowest BCUT2D eigenvalue weighted by molar-refractivity contribution is 0.0542. The molecule has 0 saturated carbocycles. The number of amides is 1. The smallest absolute Gasteiger partial charge is 0.284 e. The summed E-state index contributed by atoms with van der Waals surface area (Å²) in [6.45, 7) is 2.19. The maximum absolute atomic E-state index is 12.3. The van der Waals surface area contributed by atoms with Crippen LogP contribution in [0.4, 0.5) is 0 Å². The lowest BCUT2D eigenvalue weighted by Crippen LogP contribution is -2.27. The number of aryl methyl sites for hydroxylation is 2. The molecule has 0 atom stereocenters. The Morgan fingerprint density at radius 3 is 2.65 bits per heavy atom. The molecule has 1 saturated heterocycles. The van der Waals surface area contributed by atoms with Gasteiger partial charge in [0.15, 0.2) is 0 Å². The van der Waals surface area contributed by atoms with Crippen LogP contribution in [0.1, 0.15) is 44.1 Å². The second-order valence-electron chi connectivity index (χ2n) is 7.02. The molecule has 1 aliphatic carbocycles. The van der Waals surface area contributed by atoms with Crippen LogP contribution >= 0.6 is 11.3 Å². The van der Waals surface area contributed by atoms with Gasteiger partial charge in [0, 0.05) is 18.0 Å². The van der Waals surface area contributed by atoms with Gasteiger partial charge in [-0.1, -0.05) is 29.8 Å². The van der Waals surface area contributed by atoms with Gasteiger partial charge in [-0.05, 0) is 61.1 Å². The molecule has 0 bridgehead atoms. The first-order valence-electron chi connectivity index (χ1n) is 9.12. The zero-order chi connectivity index (χ0) is 18.1. The molecule has 2 aromatic rings. The maximum Gasteiger partial charge on any atom is 0.284 e. The van der Waals surface area contributed by atoms with Gasteiger partial charge in [-0.2, -0.15) is 0 Å². The van der Waals surface area contributed by atoms with Crippen molar-refractivity contribution in [1.29, 1.82) is 0 Å². The van der Waals surface area contributed by atoms with E-state index in [-0.39, 0.29) is 5.91 Å². The molecule has 1 amide bonds. The summed E-state index contributed by atoms with van der Waals surface area (Å²) in [7, 11) is 3.66. The number of nitrogens with zero attached hydrogens (tertiary/aromatic N) is 1. The molecule has 1 aliphatic heterocycles. The number of carbonyl (C=O) groups excluding carboxylic acids is 1. The van der Waals surface area contributed by atoms with Crippen LogP contribution < -0.4 is 5.48 Å². The molecule has 4 rings (SSSR count). The number of rotatable bonds is 2. The highest BCUT2D eigenvalue weighted by Crippen LogP contribution is 2.41. The molecule has 26 heavy (non-hydrogen) atoms. The van der Waals surface area contributed by atoms with Crippen LogP contribution in [-0.2, 0) is 17.7 Å². The quantitative estimate of drug-likeness (QED) is 0.823. The predicted octanol–water partition coefficient (Wildman–Crippen LogP) is 3.67. The second kappa shape index (κ2) is 7.35. The Kier molecular flexibility index (Phi) is 4.94. The van der Waals surface area contributed by atoms with Crippen molar-refractivity contribution in [2.75, 3.05) is 27.2 Å². The fraction of sp³-hybridized carbons (Fsp3) is 0.381. The van der Waals surface area contributed by atoms with Gasteiger partial charge in [0.2, 0.25) is 0 Å². The lowest BCUT2D eigenvalue weighted by Gasteiger charge is -2.27. The van der Waals surface area contributed by atoms with E-state index >= 15 is 0 Å². The largest absolute Gasteiger partial charge is 0.306 e. The summed E-state index contributed by atoms with van der Waals surface area (Å²) in [4.78, 5) is 21.5. The van der Waals surface area contributed by atoms with E-state index in [1.165, 1.54) is 39.8 Å². The highest BCUT2D eigenvalue weighted by molar-refractivity contribution is 7.14. The van der Waals surface area contributed by atoms with Crippen LogP contribution in [-0.4, -0.2) is 38.1 Å². The lowest BCUT2D eigenvalue weighted by atomic mass is 9.87. The van der Waals surface area contributed by atoms with Gasteiger partial charge in [-0.25, -0.2) is 5.48 Å². The predicted molar refractivity (Wildman–Crippen MR) is 105 cm³/mol. The molecule has 1 N–H and O–H groups in total. The van der Waals surface area contributed by atoms with Crippen molar-refractivity contribution in [3.8, 4) is 0 Å². The molecule has 1 aromatic heterocycles. The monoisotopic (exact) mass is 368 g/mol. The normalized spacial score (nSPS) is 17.5. The van der Waals surface area contributed by atoms with Gasteiger partial charge in [0.25, 0.3) is 5.91 Å². The van der Waals surface area contributed by atoms with E-state index in [0.717, 1.165) is 43.6 Å². The fourth-order valence-electron chi connectivity index (χ4n) is 3.98. The minimum absolute atomic E-state index is 0.161. The van der Waals surface area contributed by atoms with Crippen molar-refractivity contribution < 1.29 is 9.63 Å². The van der Waals surface area contributed by atoms with Crippen LogP contribution in [0.15, 0.2) is 35.9 Å². The minimum atomic E-state index is -0.161. The molecule has 0 radical (unpaired) electrons. The third-order valence-electron chi connectivity index (χ3n) is 5.35. The van der Waals surface area contributed by atoms with Crippen LogP contribution in [0, 0.1) is 0 Å². The Bertz CT molecular complexity index is 859. The Morgan fingerprint density at radius 1 is 1.12 bits per heavy atom. The fourth-order valence-corrected chi connectivity index (χ4v) is 5.03. The SMILES string of the molecule is CONC(=O)c1cc2c(s1)CCc1ccccc1C2=C1CCN(C)CC1. The van der Waals surface area contributed by atoms with Gasteiger partial charge >= 0.3 is 0 Å². The number of hydrogen-bond donors (Lipinski definition) is 1. The van der Waals surface area contributed by atoms with Crippen molar-refractivity contribution in [2.24, 2.45) is 0 Å². The molecule has 1 fully saturated rings. The third kappa shape index (κ3) is 3.22. The Hall–Kier alpha value is -1.95. The van der Waals surface area contributed by atoms with Crippen LogP contribution in [0.2, 0.25) is 0 Å². The summed E-state index contributed by atoms with van der Waals surface area (Å²) < 4.78 is 0. The van der Waals surface area contributed by atoms with Gasteiger partial charge in [-0.15, -0.1) is 11.3 Å². The van der Waals surface area contributed by atoms with Crippen molar-refractivity contribution in [3.05, 3.63) is 62.3 Å². The van der Waals surface area contributed by atoms with Gasteiger partial charge in [-0.3, -0.25) is 9.63 Å². The van der Waals surface area contributed by atoms with Crippen molar-refractivity contribution in [2.45, 2.75) is 25.7 Å². The number of thiophene rings is 1. The maximum atomic E-state index is 12.3. The number of carbonyl (C=O) groups is 1. The molecule has 136 valence electrons. The second-order valence-corrected chi connectivity index (χ2v) is 8.16. The Morgan fingerprint density at radius 2 is 1.88 bits per heavy atom. The molecule has 0 unspecified atom stereocenters. The van der Waals surface area contributed by atoms with E-state index in [1.807, 2.05) is 0 Å². The molecular formula is C21H24N2O2S. The number of fused-ring (bicyclic) bond motifs is 2. The van der Waals surface area contributed by atoms with Crippen LogP contribution in [0.3, 0.4) is 0 Å².